The number of nitrogens with one attached hydrogen (secondary N) is 1. The monoisotopic (exact) mass is 310 g/mol. The molecular weight excluding hydrogens is 292 g/mol. The molecule has 0 saturated carbocycles. The average Bonchev–Trinajstić information content (AvgIpc) is 2.93. The SMILES string of the molecule is CC(C)[C@H](N)C(=O)NCc1nc(-c2ccccc2)no1.Cl. The van der Waals surface area contributed by atoms with Crippen molar-refractivity contribution < 1.29 is 9.32 Å². The van der Waals surface area contributed by atoms with Crippen molar-refractivity contribution in [2.45, 2.75) is 26.4 Å². The summed E-state index contributed by atoms with van der Waals surface area (Å²) in [5, 5.41) is 6.56. The molecule has 114 valence electrons. The van der Waals surface area contributed by atoms with Gasteiger partial charge in [0.1, 0.15) is 0 Å². The maximum Gasteiger partial charge on any atom is 0.246 e. The van der Waals surface area contributed by atoms with Crippen LogP contribution in [0.15, 0.2) is 34.9 Å². The standard InChI is InChI=1S/C14H18N4O2.ClH/c1-9(2)12(15)14(19)16-8-11-17-13(18-20-11)10-6-4-3-5-7-10;/h3-7,9,12H,8,15H2,1-2H3,(H,16,19);1H/t12-;/m0./s1. The van der Waals surface area contributed by atoms with E-state index in [1.165, 1.54) is 0 Å². The van der Waals surface area contributed by atoms with Gasteiger partial charge in [-0.2, -0.15) is 4.98 Å². The lowest BCUT2D eigenvalue weighted by molar-refractivity contribution is -0.123. The number of nitrogens with two attached hydrogens (primary N) is 1. The number of benzene rings is 1. The van der Waals surface area contributed by atoms with Gasteiger partial charge in [-0.05, 0) is 5.92 Å². The zero-order valence-electron chi connectivity index (χ0n) is 11.9. The van der Waals surface area contributed by atoms with Crippen LogP contribution in [0.5, 0.6) is 0 Å². The fraction of sp³-hybridized carbons (Fsp3) is 0.357. The normalized spacial score (nSPS) is 11.8. The number of amides is 1. The highest BCUT2D eigenvalue weighted by molar-refractivity contribution is 5.85. The number of hydrogen-bond donors (Lipinski definition) is 2. The number of carbonyl (C=O) groups excluding carboxylic acids is 1. The Kier molecular flexibility index (Phi) is 6.33. The number of halogens is 1. The Balaban J connectivity index is 0.00000220. The number of rotatable bonds is 5. The van der Waals surface area contributed by atoms with Gasteiger partial charge in [0.05, 0.1) is 12.6 Å². The highest BCUT2D eigenvalue weighted by atomic mass is 35.5. The molecule has 1 aromatic carbocycles. The molecule has 6 nitrogen and oxygen atoms in total. The van der Waals surface area contributed by atoms with E-state index in [0.717, 1.165) is 5.56 Å². The van der Waals surface area contributed by atoms with Gasteiger partial charge >= 0.3 is 0 Å². The van der Waals surface area contributed by atoms with E-state index >= 15 is 0 Å². The lowest BCUT2D eigenvalue weighted by atomic mass is 10.1. The minimum Gasteiger partial charge on any atom is -0.346 e. The van der Waals surface area contributed by atoms with E-state index in [0.29, 0.717) is 11.7 Å². The molecule has 21 heavy (non-hydrogen) atoms. The molecule has 1 amide bonds. The van der Waals surface area contributed by atoms with Gasteiger partial charge in [-0.1, -0.05) is 49.3 Å². The van der Waals surface area contributed by atoms with Crippen LogP contribution in [0.4, 0.5) is 0 Å². The number of carbonyl (C=O) groups is 1. The molecule has 0 bridgehead atoms. The Bertz CT molecular complexity index is 571. The molecule has 1 heterocycles. The van der Waals surface area contributed by atoms with E-state index in [2.05, 4.69) is 15.5 Å². The molecule has 1 aromatic heterocycles. The third-order valence-electron chi connectivity index (χ3n) is 2.93. The summed E-state index contributed by atoms with van der Waals surface area (Å²) in [6.45, 7) is 3.97. The molecule has 7 heteroatoms. The van der Waals surface area contributed by atoms with Gasteiger partial charge in [0.25, 0.3) is 0 Å². The smallest absolute Gasteiger partial charge is 0.246 e. The van der Waals surface area contributed by atoms with E-state index in [9.17, 15) is 4.79 Å². The zero-order chi connectivity index (χ0) is 14.5. The molecule has 0 aliphatic heterocycles. The summed E-state index contributed by atoms with van der Waals surface area (Å²) in [6.07, 6.45) is 0. The number of nitrogens with zero attached hydrogens (tertiary/aromatic N) is 2. The van der Waals surface area contributed by atoms with Crippen LogP contribution in [0.2, 0.25) is 0 Å². The van der Waals surface area contributed by atoms with Crippen LogP contribution in [-0.2, 0) is 11.3 Å². The molecule has 2 rings (SSSR count). The number of aromatic nitrogens is 2. The Morgan fingerprint density at radius 2 is 2.00 bits per heavy atom. The predicted octanol–water partition coefficient (Wildman–Crippen LogP) is 1.76. The Labute approximate surface area is 129 Å². The van der Waals surface area contributed by atoms with Crippen LogP contribution < -0.4 is 11.1 Å². The minimum absolute atomic E-state index is 0. The topological polar surface area (TPSA) is 94.0 Å². The molecule has 3 N–H and O–H groups in total. The Morgan fingerprint density at radius 3 is 2.62 bits per heavy atom. The van der Waals surface area contributed by atoms with Crippen LogP contribution in [-0.4, -0.2) is 22.1 Å². The van der Waals surface area contributed by atoms with Gasteiger partial charge in [-0.25, -0.2) is 0 Å². The molecule has 0 aliphatic carbocycles. The molecule has 0 saturated heterocycles. The molecule has 0 aliphatic rings. The quantitative estimate of drug-likeness (QED) is 0.877. The minimum atomic E-state index is -0.536. The zero-order valence-corrected chi connectivity index (χ0v) is 12.8. The van der Waals surface area contributed by atoms with E-state index < -0.39 is 6.04 Å². The molecule has 0 fully saturated rings. The second kappa shape index (κ2) is 7.75. The molecule has 0 unspecified atom stereocenters. The van der Waals surface area contributed by atoms with Crippen molar-refractivity contribution in [3.05, 3.63) is 36.2 Å². The molecule has 1 atom stereocenters. The Hall–Kier alpha value is -1.92. The van der Waals surface area contributed by atoms with E-state index in [-0.39, 0.29) is 30.8 Å². The first-order valence-corrected chi connectivity index (χ1v) is 6.49. The average molecular weight is 311 g/mol. The van der Waals surface area contributed by atoms with E-state index in [4.69, 9.17) is 10.3 Å². The molecule has 0 radical (unpaired) electrons. The summed E-state index contributed by atoms with van der Waals surface area (Å²) in [7, 11) is 0. The molecule has 0 spiro atoms. The largest absolute Gasteiger partial charge is 0.346 e. The van der Waals surface area contributed by atoms with Gasteiger partial charge in [-0.3, -0.25) is 4.79 Å². The summed E-state index contributed by atoms with van der Waals surface area (Å²) in [5.74, 6) is 0.716. The van der Waals surface area contributed by atoms with E-state index in [1.807, 2.05) is 44.2 Å². The van der Waals surface area contributed by atoms with Gasteiger partial charge in [0.15, 0.2) is 0 Å². The van der Waals surface area contributed by atoms with Crippen LogP contribution in [0.1, 0.15) is 19.7 Å². The van der Waals surface area contributed by atoms with Gasteiger partial charge in [-0.15, -0.1) is 12.4 Å². The fourth-order valence-corrected chi connectivity index (χ4v) is 1.61. The summed E-state index contributed by atoms with van der Waals surface area (Å²) >= 11 is 0. The first-order valence-electron chi connectivity index (χ1n) is 6.49. The maximum atomic E-state index is 11.7. The van der Waals surface area contributed by atoms with Crippen molar-refractivity contribution >= 4 is 18.3 Å². The van der Waals surface area contributed by atoms with Crippen molar-refractivity contribution in [1.29, 1.82) is 0 Å². The van der Waals surface area contributed by atoms with Gasteiger partial charge in [0.2, 0.25) is 17.6 Å². The van der Waals surface area contributed by atoms with E-state index in [1.54, 1.807) is 0 Å². The first-order chi connectivity index (χ1) is 9.58. The second-order valence-corrected chi connectivity index (χ2v) is 4.87. The Morgan fingerprint density at radius 1 is 1.33 bits per heavy atom. The fourth-order valence-electron chi connectivity index (χ4n) is 1.61. The maximum absolute atomic E-state index is 11.7. The first kappa shape index (κ1) is 17.1. The van der Waals surface area contributed by atoms with Crippen molar-refractivity contribution in [1.82, 2.24) is 15.5 Å². The summed E-state index contributed by atoms with van der Waals surface area (Å²) < 4.78 is 5.09. The third-order valence-corrected chi connectivity index (χ3v) is 2.93. The number of hydrogen-bond acceptors (Lipinski definition) is 5. The van der Waals surface area contributed by atoms with Crippen LogP contribution in [0.3, 0.4) is 0 Å². The predicted molar refractivity (Wildman–Crippen MR) is 81.6 cm³/mol. The summed E-state index contributed by atoms with van der Waals surface area (Å²) in [5.41, 5.74) is 6.61. The summed E-state index contributed by atoms with van der Waals surface area (Å²) in [6, 6.07) is 8.96. The van der Waals surface area contributed by atoms with Crippen LogP contribution >= 0.6 is 12.4 Å². The van der Waals surface area contributed by atoms with Crippen LogP contribution in [0.25, 0.3) is 11.4 Å². The molecule has 2 aromatic rings. The van der Waals surface area contributed by atoms with Crippen molar-refractivity contribution in [3.8, 4) is 11.4 Å². The van der Waals surface area contributed by atoms with Crippen molar-refractivity contribution in [3.63, 3.8) is 0 Å². The third kappa shape index (κ3) is 4.54. The van der Waals surface area contributed by atoms with Gasteiger partial charge < -0.3 is 15.6 Å². The van der Waals surface area contributed by atoms with Crippen molar-refractivity contribution in [2.24, 2.45) is 11.7 Å². The van der Waals surface area contributed by atoms with Gasteiger partial charge in [0, 0.05) is 5.56 Å². The lowest BCUT2D eigenvalue weighted by Gasteiger charge is -2.14. The highest BCUT2D eigenvalue weighted by Crippen LogP contribution is 2.14. The lowest BCUT2D eigenvalue weighted by Crippen LogP contribution is -2.43. The highest BCUT2D eigenvalue weighted by Gasteiger charge is 2.17. The summed E-state index contributed by atoms with van der Waals surface area (Å²) in [4.78, 5) is 15.9. The van der Waals surface area contributed by atoms with Crippen LogP contribution in [0, 0.1) is 5.92 Å². The molecular formula is C14H19ClN4O2. The second-order valence-electron chi connectivity index (χ2n) is 4.87. The van der Waals surface area contributed by atoms with Crippen molar-refractivity contribution in [2.75, 3.05) is 0 Å².